The Hall–Kier alpha value is -3.93. The fourth-order valence-electron chi connectivity index (χ4n) is 7.30. The van der Waals surface area contributed by atoms with E-state index in [0.717, 1.165) is 29.5 Å². The van der Waals surface area contributed by atoms with Crippen molar-refractivity contribution in [3.63, 3.8) is 0 Å². The molecule has 0 spiro atoms. The zero-order valence-electron chi connectivity index (χ0n) is 25.5. The van der Waals surface area contributed by atoms with Crippen molar-refractivity contribution < 1.29 is 24.2 Å². The largest absolute Gasteiger partial charge is 0.480 e. The van der Waals surface area contributed by atoms with Crippen molar-refractivity contribution >= 4 is 23.5 Å². The van der Waals surface area contributed by atoms with E-state index in [1.165, 1.54) is 4.52 Å². The number of anilines is 1. The maximum absolute atomic E-state index is 14.3. The van der Waals surface area contributed by atoms with Crippen molar-refractivity contribution in [3.05, 3.63) is 45.4 Å². The number of benzene rings is 1. The molecule has 1 saturated carbocycles. The lowest BCUT2D eigenvalue weighted by Gasteiger charge is -2.54. The predicted octanol–water partition coefficient (Wildman–Crippen LogP) is 4.04. The van der Waals surface area contributed by atoms with Gasteiger partial charge in [0.05, 0.1) is 23.9 Å². The van der Waals surface area contributed by atoms with Crippen LogP contribution in [0.15, 0.2) is 23.0 Å². The zero-order chi connectivity index (χ0) is 30.6. The van der Waals surface area contributed by atoms with E-state index in [-0.39, 0.29) is 41.0 Å². The van der Waals surface area contributed by atoms with Gasteiger partial charge in [0, 0.05) is 30.6 Å². The number of aliphatic carboxylic acids is 1. The smallest absolute Gasteiger partial charge is 0.410 e. The van der Waals surface area contributed by atoms with Crippen LogP contribution in [0.5, 0.6) is 0 Å². The monoisotopic (exact) mass is 590 g/mol. The molecule has 1 saturated heterocycles. The minimum atomic E-state index is -0.972. The van der Waals surface area contributed by atoms with Gasteiger partial charge in [-0.05, 0) is 71.1 Å². The van der Waals surface area contributed by atoms with Crippen molar-refractivity contribution in [2.45, 2.75) is 103 Å². The molecule has 3 aromatic rings. The predicted molar refractivity (Wildman–Crippen MR) is 157 cm³/mol. The summed E-state index contributed by atoms with van der Waals surface area (Å²) in [4.78, 5) is 48.5. The number of hydrogen-bond donors (Lipinski definition) is 1. The average molecular weight is 591 g/mol. The number of carboxylic acid groups (broad SMARTS) is 1. The summed E-state index contributed by atoms with van der Waals surface area (Å²) in [5, 5.41) is 14.9. The third-order valence-corrected chi connectivity index (χ3v) is 9.44. The number of piperazine rings is 1. The van der Waals surface area contributed by atoms with Crippen LogP contribution in [0, 0.1) is 0 Å². The van der Waals surface area contributed by atoms with E-state index in [4.69, 9.17) is 14.5 Å². The van der Waals surface area contributed by atoms with Crippen LogP contribution in [-0.2, 0) is 26.5 Å². The van der Waals surface area contributed by atoms with Gasteiger partial charge < -0.3 is 24.4 Å². The highest BCUT2D eigenvalue weighted by molar-refractivity contribution is 5.76. The molecule has 12 nitrogen and oxygen atoms in total. The van der Waals surface area contributed by atoms with Gasteiger partial charge in [-0.3, -0.25) is 9.36 Å². The number of ether oxygens (including phenoxy) is 2. The molecule has 228 valence electrons. The van der Waals surface area contributed by atoms with Crippen molar-refractivity contribution in [1.29, 1.82) is 0 Å². The Balaban J connectivity index is 1.34. The molecule has 4 atom stereocenters. The van der Waals surface area contributed by atoms with Crippen LogP contribution in [0.1, 0.15) is 89.6 Å². The van der Waals surface area contributed by atoms with Gasteiger partial charge in [0.25, 0.3) is 5.56 Å². The number of nitrogens with zero attached hydrogens (tertiary/aromatic N) is 6. The number of aromatic nitrogens is 4. The minimum absolute atomic E-state index is 0.0738. The first-order chi connectivity index (χ1) is 20.2. The fraction of sp³-hybridized carbons (Fsp3) is 0.581. The first-order valence-corrected chi connectivity index (χ1v) is 15.1. The normalized spacial score (nSPS) is 25.7. The summed E-state index contributed by atoms with van der Waals surface area (Å²) in [6, 6.07) is 4.88. The van der Waals surface area contributed by atoms with Crippen LogP contribution in [0.3, 0.4) is 0 Å². The van der Waals surface area contributed by atoms with Gasteiger partial charge >= 0.3 is 12.1 Å². The van der Waals surface area contributed by atoms with Gasteiger partial charge in [-0.15, -0.1) is 5.10 Å². The lowest BCUT2D eigenvalue weighted by Crippen LogP contribution is -2.67. The van der Waals surface area contributed by atoms with E-state index in [2.05, 4.69) is 10.00 Å². The molecule has 1 unspecified atom stereocenters. The van der Waals surface area contributed by atoms with E-state index in [9.17, 15) is 19.5 Å². The summed E-state index contributed by atoms with van der Waals surface area (Å²) < 4.78 is 14.6. The highest BCUT2D eigenvalue weighted by atomic mass is 16.6. The Morgan fingerprint density at radius 2 is 1.88 bits per heavy atom. The Morgan fingerprint density at radius 3 is 2.56 bits per heavy atom. The number of carboxylic acids is 1. The number of carbonyl (C=O) groups excluding carboxylic acids is 1. The van der Waals surface area contributed by atoms with Crippen LogP contribution >= 0.6 is 0 Å². The molecule has 43 heavy (non-hydrogen) atoms. The summed E-state index contributed by atoms with van der Waals surface area (Å²) in [7, 11) is 0. The average Bonchev–Trinajstić information content (AvgIpc) is 3.58. The van der Waals surface area contributed by atoms with Gasteiger partial charge in [0.2, 0.25) is 5.78 Å². The van der Waals surface area contributed by atoms with Gasteiger partial charge in [-0.2, -0.15) is 9.50 Å². The second kappa shape index (κ2) is 9.28. The summed E-state index contributed by atoms with van der Waals surface area (Å²) in [5.41, 5.74) is 2.70. The first-order valence-electron chi connectivity index (χ1n) is 15.1. The van der Waals surface area contributed by atoms with E-state index >= 15 is 0 Å². The number of carbonyl (C=O) groups is 2. The lowest BCUT2D eigenvalue weighted by molar-refractivity contribution is -0.140. The van der Waals surface area contributed by atoms with Crippen molar-refractivity contribution in [2.75, 3.05) is 18.0 Å². The van der Waals surface area contributed by atoms with E-state index in [1.807, 2.05) is 59.7 Å². The van der Waals surface area contributed by atoms with Crippen LogP contribution in [0.25, 0.3) is 17.2 Å². The molecule has 1 aliphatic carbocycles. The standard InChI is InChI=1S/C31H38N6O6/c1-16-13-22(27(39)40)36-23(16)24(34-11-12-35(21-10-9-20(21)34)29(41)43-30(2,3)4)26(38)37-28(36)32-25(33-37)17-7-8-19-18(14-17)15-42-31(19,5)6/h7-8,14,16,20-22H,9-13,15H2,1-6H3,(H,39,40)/t16-,20+,21+,22?/m1/s1. The molecule has 2 aromatic heterocycles. The van der Waals surface area contributed by atoms with E-state index in [0.29, 0.717) is 43.3 Å². The molecule has 1 aromatic carbocycles. The molecule has 0 bridgehead atoms. The van der Waals surface area contributed by atoms with Crippen LogP contribution in [-0.4, -0.2) is 72.0 Å². The third-order valence-electron chi connectivity index (χ3n) is 9.44. The van der Waals surface area contributed by atoms with Crippen molar-refractivity contribution in [1.82, 2.24) is 24.1 Å². The number of amides is 1. The molecular weight excluding hydrogens is 552 g/mol. The molecule has 7 rings (SSSR count). The molecular formula is C31H38N6O6. The fourth-order valence-corrected chi connectivity index (χ4v) is 7.30. The van der Waals surface area contributed by atoms with Crippen molar-refractivity contribution in [3.8, 4) is 11.4 Å². The maximum Gasteiger partial charge on any atom is 0.410 e. The van der Waals surface area contributed by atoms with Crippen LogP contribution in [0.2, 0.25) is 0 Å². The minimum Gasteiger partial charge on any atom is -0.480 e. The summed E-state index contributed by atoms with van der Waals surface area (Å²) >= 11 is 0. The molecule has 4 aliphatic rings. The Labute approximate surface area is 249 Å². The summed E-state index contributed by atoms with van der Waals surface area (Å²) in [6.07, 6.45) is 1.63. The number of fused-ring (bicyclic) bond motifs is 5. The Bertz CT molecular complexity index is 1730. The maximum atomic E-state index is 14.3. The van der Waals surface area contributed by atoms with Crippen molar-refractivity contribution in [2.24, 2.45) is 0 Å². The molecule has 2 fully saturated rings. The Morgan fingerprint density at radius 1 is 1.14 bits per heavy atom. The molecule has 3 aliphatic heterocycles. The molecule has 1 amide bonds. The molecule has 1 N–H and O–H groups in total. The van der Waals surface area contributed by atoms with Crippen LogP contribution < -0.4 is 10.5 Å². The third kappa shape index (κ3) is 4.24. The molecule has 5 heterocycles. The second-order valence-electron chi connectivity index (χ2n) is 13.8. The highest BCUT2D eigenvalue weighted by Crippen LogP contribution is 2.45. The highest BCUT2D eigenvalue weighted by Gasteiger charge is 2.49. The van der Waals surface area contributed by atoms with Gasteiger partial charge in [-0.25, -0.2) is 9.59 Å². The van der Waals surface area contributed by atoms with Gasteiger partial charge in [-0.1, -0.05) is 19.1 Å². The van der Waals surface area contributed by atoms with Crippen LogP contribution in [0.4, 0.5) is 10.5 Å². The van der Waals surface area contributed by atoms with Gasteiger partial charge in [0.15, 0.2) is 5.82 Å². The van der Waals surface area contributed by atoms with E-state index in [1.54, 1.807) is 9.47 Å². The quantitative estimate of drug-likeness (QED) is 0.480. The topological polar surface area (TPSA) is 132 Å². The zero-order valence-corrected chi connectivity index (χ0v) is 25.5. The van der Waals surface area contributed by atoms with E-state index < -0.39 is 17.6 Å². The lowest BCUT2D eigenvalue weighted by atomic mass is 9.81. The van der Waals surface area contributed by atoms with Gasteiger partial charge in [0.1, 0.15) is 17.3 Å². The summed E-state index contributed by atoms with van der Waals surface area (Å²) in [5.74, 6) is -0.572. The number of rotatable bonds is 3. The SMILES string of the molecule is C[C@@H]1CC(C(=O)O)n2c1c(N1CCN(C(=O)OC(C)(C)C)[C@H]3CC[C@@H]31)c(=O)n1nc(-c3ccc4c(c3)COC4(C)C)nc21. The first kappa shape index (κ1) is 27.9. The Kier molecular flexibility index (Phi) is 6.02. The molecule has 12 heteroatoms. The number of hydrogen-bond acceptors (Lipinski definition) is 8. The summed E-state index contributed by atoms with van der Waals surface area (Å²) in [6.45, 7) is 12.9. The second-order valence-corrected chi connectivity index (χ2v) is 13.8. The molecule has 0 radical (unpaired) electrons.